The monoisotopic (exact) mass is 315 g/mol. The molecule has 0 bridgehead atoms. The van der Waals surface area contributed by atoms with E-state index < -0.39 is 4.92 Å². The maximum Gasteiger partial charge on any atom is 0.329 e. The van der Waals surface area contributed by atoms with Gasteiger partial charge in [0.15, 0.2) is 0 Å². The SMILES string of the molecule is C=C1CCN(c2ncc([N+](=O)[O-])c(N3CCC(=C)CC3)n2)CC1. The summed E-state index contributed by atoms with van der Waals surface area (Å²) in [6.45, 7) is 11.0. The van der Waals surface area contributed by atoms with E-state index >= 15 is 0 Å². The highest BCUT2D eigenvalue weighted by Crippen LogP contribution is 2.31. The van der Waals surface area contributed by atoms with Gasteiger partial charge in [-0.3, -0.25) is 10.1 Å². The second kappa shape index (κ2) is 6.36. The van der Waals surface area contributed by atoms with E-state index in [9.17, 15) is 10.1 Å². The number of piperidine rings is 2. The van der Waals surface area contributed by atoms with E-state index in [0.29, 0.717) is 24.9 Å². The molecule has 2 aliphatic heterocycles. The van der Waals surface area contributed by atoms with Crippen molar-refractivity contribution in [1.82, 2.24) is 9.97 Å². The molecule has 23 heavy (non-hydrogen) atoms. The van der Waals surface area contributed by atoms with E-state index in [1.165, 1.54) is 17.3 Å². The molecule has 2 aliphatic rings. The van der Waals surface area contributed by atoms with Crippen LogP contribution in [0.5, 0.6) is 0 Å². The molecule has 0 aliphatic carbocycles. The molecule has 0 saturated carbocycles. The van der Waals surface area contributed by atoms with Gasteiger partial charge in [0.05, 0.1) is 4.92 Å². The zero-order valence-electron chi connectivity index (χ0n) is 13.2. The van der Waals surface area contributed by atoms with Gasteiger partial charge in [0.2, 0.25) is 11.8 Å². The number of nitrogens with zero attached hydrogens (tertiary/aromatic N) is 5. The van der Waals surface area contributed by atoms with Crippen molar-refractivity contribution in [3.63, 3.8) is 0 Å². The van der Waals surface area contributed by atoms with Crippen molar-refractivity contribution in [2.24, 2.45) is 0 Å². The van der Waals surface area contributed by atoms with Gasteiger partial charge in [-0.25, -0.2) is 4.98 Å². The second-order valence-corrected chi connectivity index (χ2v) is 6.11. The zero-order chi connectivity index (χ0) is 16.4. The number of nitro groups is 1. The Kier molecular flexibility index (Phi) is 4.27. The van der Waals surface area contributed by atoms with Crippen LogP contribution < -0.4 is 9.80 Å². The van der Waals surface area contributed by atoms with Gasteiger partial charge in [-0.1, -0.05) is 24.3 Å². The molecule has 3 rings (SSSR count). The molecule has 122 valence electrons. The number of hydrogen-bond donors (Lipinski definition) is 0. The highest BCUT2D eigenvalue weighted by atomic mass is 16.6. The maximum absolute atomic E-state index is 11.3. The molecule has 3 heterocycles. The summed E-state index contributed by atoms with van der Waals surface area (Å²) in [5.41, 5.74) is 2.40. The lowest BCUT2D eigenvalue weighted by molar-refractivity contribution is -0.384. The summed E-state index contributed by atoms with van der Waals surface area (Å²) in [6.07, 6.45) is 4.86. The predicted molar refractivity (Wildman–Crippen MR) is 89.9 cm³/mol. The fourth-order valence-electron chi connectivity index (χ4n) is 2.93. The standard InChI is InChI=1S/C16H21N5O2/c1-12-3-7-19(8-4-12)15-14(21(22)23)11-17-16(18-15)20-9-5-13(2)6-10-20/h11H,1-10H2. The molecule has 1 aromatic rings. The Bertz CT molecular complexity index is 638. The van der Waals surface area contributed by atoms with Crippen molar-refractivity contribution in [1.29, 1.82) is 0 Å². The summed E-state index contributed by atoms with van der Waals surface area (Å²) in [4.78, 5) is 23.7. The van der Waals surface area contributed by atoms with Crippen molar-refractivity contribution >= 4 is 17.5 Å². The molecule has 0 spiro atoms. The Morgan fingerprint density at radius 1 is 1.00 bits per heavy atom. The third-order valence-electron chi connectivity index (χ3n) is 4.46. The first-order chi connectivity index (χ1) is 11.0. The van der Waals surface area contributed by atoms with Gasteiger partial charge in [-0.15, -0.1) is 0 Å². The molecule has 0 amide bonds. The van der Waals surface area contributed by atoms with E-state index in [-0.39, 0.29) is 5.69 Å². The lowest BCUT2D eigenvalue weighted by Crippen LogP contribution is -2.34. The minimum atomic E-state index is -0.402. The number of aromatic nitrogens is 2. The topological polar surface area (TPSA) is 75.4 Å². The summed E-state index contributed by atoms with van der Waals surface area (Å²) in [5.74, 6) is 0.999. The third-order valence-corrected chi connectivity index (χ3v) is 4.46. The normalized spacial score (nSPS) is 19.1. The average Bonchev–Trinajstić information content (AvgIpc) is 2.55. The van der Waals surface area contributed by atoms with Crippen LogP contribution in [0.3, 0.4) is 0 Å². The number of hydrogen-bond acceptors (Lipinski definition) is 6. The lowest BCUT2D eigenvalue weighted by atomic mass is 10.1. The van der Waals surface area contributed by atoms with E-state index in [0.717, 1.165) is 38.8 Å². The fraction of sp³-hybridized carbons (Fsp3) is 0.500. The molecule has 7 nitrogen and oxygen atoms in total. The van der Waals surface area contributed by atoms with E-state index in [1.807, 2.05) is 4.90 Å². The second-order valence-electron chi connectivity index (χ2n) is 6.11. The number of anilines is 2. The molecule has 2 saturated heterocycles. The Labute approximate surface area is 135 Å². The maximum atomic E-state index is 11.3. The van der Waals surface area contributed by atoms with E-state index in [1.54, 1.807) is 0 Å². The molecule has 0 atom stereocenters. The minimum Gasteiger partial charge on any atom is -0.350 e. The number of rotatable bonds is 3. The van der Waals surface area contributed by atoms with Crippen LogP contribution in [0, 0.1) is 10.1 Å². The first kappa shape index (κ1) is 15.5. The van der Waals surface area contributed by atoms with Gasteiger partial charge in [-0.05, 0) is 25.7 Å². The first-order valence-corrected chi connectivity index (χ1v) is 7.89. The summed E-state index contributed by atoms with van der Waals surface area (Å²) in [5, 5.41) is 11.3. The van der Waals surface area contributed by atoms with Crippen LogP contribution in [-0.4, -0.2) is 41.1 Å². The third kappa shape index (κ3) is 3.33. The molecule has 7 heteroatoms. The van der Waals surface area contributed by atoms with Crippen LogP contribution in [0.1, 0.15) is 25.7 Å². The highest BCUT2D eigenvalue weighted by molar-refractivity contribution is 5.60. The molecule has 2 fully saturated rings. The molecular weight excluding hydrogens is 294 g/mol. The van der Waals surface area contributed by atoms with Gasteiger partial charge in [0, 0.05) is 26.2 Å². The summed E-state index contributed by atoms with van der Waals surface area (Å²) >= 11 is 0. The Hall–Kier alpha value is -2.44. The quantitative estimate of drug-likeness (QED) is 0.485. The van der Waals surface area contributed by atoms with Crippen molar-refractivity contribution in [3.05, 3.63) is 40.6 Å². The van der Waals surface area contributed by atoms with Gasteiger partial charge < -0.3 is 9.80 Å². The Balaban J connectivity index is 1.88. The highest BCUT2D eigenvalue weighted by Gasteiger charge is 2.26. The van der Waals surface area contributed by atoms with Crippen LogP contribution in [0.4, 0.5) is 17.5 Å². The van der Waals surface area contributed by atoms with Crippen molar-refractivity contribution < 1.29 is 4.92 Å². The van der Waals surface area contributed by atoms with Gasteiger partial charge in [0.1, 0.15) is 6.20 Å². The van der Waals surface area contributed by atoms with Crippen LogP contribution in [0.2, 0.25) is 0 Å². The Morgan fingerprint density at radius 2 is 1.52 bits per heavy atom. The van der Waals surface area contributed by atoms with Gasteiger partial charge in [0.25, 0.3) is 0 Å². The van der Waals surface area contributed by atoms with Crippen molar-refractivity contribution in [3.8, 4) is 0 Å². The van der Waals surface area contributed by atoms with Crippen LogP contribution >= 0.6 is 0 Å². The van der Waals surface area contributed by atoms with Crippen LogP contribution in [-0.2, 0) is 0 Å². The van der Waals surface area contributed by atoms with Gasteiger partial charge >= 0.3 is 5.69 Å². The van der Waals surface area contributed by atoms with Crippen molar-refractivity contribution in [2.45, 2.75) is 25.7 Å². The largest absolute Gasteiger partial charge is 0.350 e. The molecule has 0 radical (unpaired) electrons. The van der Waals surface area contributed by atoms with E-state index in [2.05, 4.69) is 28.0 Å². The van der Waals surface area contributed by atoms with Crippen LogP contribution in [0.15, 0.2) is 30.5 Å². The molecule has 0 aromatic carbocycles. The smallest absolute Gasteiger partial charge is 0.329 e. The predicted octanol–water partition coefficient (Wildman–Crippen LogP) is 2.70. The van der Waals surface area contributed by atoms with Crippen LogP contribution in [0.25, 0.3) is 0 Å². The van der Waals surface area contributed by atoms with Crippen molar-refractivity contribution in [2.75, 3.05) is 36.0 Å². The average molecular weight is 315 g/mol. The van der Waals surface area contributed by atoms with Gasteiger partial charge in [-0.2, -0.15) is 4.98 Å². The summed E-state index contributed by atoms with van der Waals surface area (Å²) in [6, 6.07) is 0. The first-order valence-electron chi connectivity index (χ1n) is 7.89. The minimum absolute atomic E-state index is 0.0253. The fourth-order valence-corrected chi connectivity index (χ4v) is 2.93. The molecule has 0 N–H and O–H groups in total. The Morgan fingerprint density at radius 3 is 2.04 bits per heavy atom. The summed E-state index contributed by atoms with van der Waals surface area (Å²) < 4.78 is 0. The molecule has 0 unspecified atom stereocenters. The van der Waals surface area contributed by atoms with E-state index in [4.69, 9.17) is 0 Å². The summed E-state index contributed by atoms with van der Waals surface area (Å²) in [7, 11) is 0. The molecule has 1 aromatic heterocycles. The lowest BCUT2D eigenvalue weighted by Gasteiger charge is -2.31. The molecular formula is C16H21N5O2. The zero-order valence-corrected chi connectivity index (χ0v) is 13.2.